The zero-order chi connectivity index (χ0) is 22.1. The molecule has 166 valence electrons. The molecule has 0 bridgehead atoms. The van der Waals surface area contributed by atoms with Crippen molar-refractivity contribution >= 4 is 11.9 Å². The molecule has 2 fully saturated rings. The molecule has 0 aromatic heterocycles. The van der Waals surface area contributed by atoms with E-state index in [0.717, 1.165) is 38.5 Å². The van der Waals surface area contributed by atoms with Crippen molar-refractivity contribution in [3.05, 3.63) is 35.4 Å². The van der Waals surface area contributed by atoms with Crippen molar-refractivity contribution in [3.63, 3.8) is 0 Å². The highest BCUT2D eigenvalue weighted by atomic mass is 16.5. The first-order valence-electron chi connectivity index (χ1n) is 11.4. The van der Waals surface area contributed by atoms with Gasteiger partial charge in [0.05, 0.1) is 11.1 Å². The fraction of sp³-hybridized carbons (Fsp3) is 0.692. The van der Waals surface area contributed by atoms with Gasteiger partial charge in [-0.1, -0.05) is 41.5 Å². The summed E-state index contributed by atoms with van der Waals surface area (Å²) in [6.45, 7) is 13.4. The summed E-state index contributed by atoms with van der Waals surface area (Å²) in [5, 5.41) is 0. The molecule has 0 aliphatic heterocycles. The van der Waals surface area contributed by atoms with Crippen molar-refractivity contribution < 1.29 is 19.1 Å². The summed E-state index contributed by atoms with van der Waals surface area (Å²) in [5.41, 5.74) is 1.35. The monoisotopic (exact) mass is 414 g/mol. The average Bonchev–Trinajstić information content (AvgIpc) is 2.58. The minimum absolute atomic E-state index is 0.0439. The Morgan fingerprint density at radius 3 is 1.33 bits per heavy atom. The maximum absolute atomic E-state index is 12.6. The van der Waals surface area contributed by atoms with Crippen LogP contribution in [-0.2, 0) is 9.47 Å². The topological polar surface area (TPSA) is 52.6 Å². The zero-order valence-electron chi connectivity index (χ0n) is 19.5. The lowest BCUT2D eigenvalue weighted by atomic mass is 9.71. The SMILES string of the molecule is C[C@@H]1C[C@@H](OC(=O)c2ccc(C(=O)O[C@@H]3C[C@@H](C)CC(C)(C)C3)cc2)CC(C)(C)C1. The van der Waals surface area contributed by atoms with Crippen LogP contribution >= 0.6 is 0 Å². The minimum atomic E-state index is -0.312. The fourth-order valence-corrected chi connectivity index (χ4v) is 5.88. The standard InChI is InChI=1S/C26H38O4/c1-17-11-21(15-25(3,4)13-17)29-23(27)19-7-9-20(10-8-19)24(28)30-22-12-18(2)14-26(5,6)16-22/h7-10,17-18,21-22H,11-16H2,1-6H3/t17-,18-,21-,22-/m1/s1. The third-order valence-corrected chi connectivity index (χ3v) is 6.60. The molecule has 1 aromatic rings. The van der Waals surface area contributed by atoms with Gasteiger partial charge in [-0.05, 0) is 85.5 Å². The molecule has 2 saturated carbocycles. The smallest absolute Gasteiger partial charge is 0.338 e. The maximum atomic E-state index is 12.6. The Morgan fingerprint density at radius 2 is 1.03 bits per heavy atom. The summed E-state index contributed by atoms with van der Waals surface area (Å²) in [7, 11) is 0. The van der Waals surface area contributed by atoms with Gasteiger partial charge in [0.1, 0.15) is 12.2 Å². The van der Waals surface area contributed by atoms with E-state index in [1.165, 1.54) is 0 Å². The van der Waals surface area contributed by atoms with E-state index in [1.807, 2.05) is 0 Å². The molecular formula is C26H38O4. The van der Waals surface area contributed by atoms with E-state index in [4.69, 9.17) is 9.47 Å². The first kappa shape index (κ1) is 22.8. The number of rotatable bonds is 4. The first-order valence-corrected chi connectivity index (χ1v) is 11.4. The molecule has 4 heteroatoms. The van der Waals surface area contributed by atoms with Gasteiger partial charge in [0.25, 0.3) is 0 Å². The van der Waals surface area contributed by atoms with Gasteiger partial charge in [-0.3, -0.25) is 0 Å². The lowest BCUT2D eigenvalue weighted by Gasteiger charge is -2.38. The van der Waals surface area contributed by atoms with Gasteiger partial charge >= 0.3 is 11.9 Å². The summed E-state index contributed by atoms with van der Waals surface area (Å²) in [6.07, 6.45) is 5.85. The Balaban J connectivity index is 1.57. The van der Waals surface area contributed by atoms with Gasteiger partial charge in [0.2, 0.25) is 0 Å². The van der Waals surface area contributed by atoms with Gasteiger partial charge in [-0.2, -0.15) is 0 Å². The maximum Gasteiger partial charge on any atom is 0.338 e. The van der Waals surface area contributed by atoms with Crippen LogP contribution in [0.3, 0.4) is 0 Å². The highest BCUT2D eigenvalue weighted by Crippen LogP contribution is 2.41. The third kappa shape index (κ3) is 6.09. The first-order chi connectivity index (χ1) is 13.9. The molecule has 0 saturated heterocycles. The molecule has 0 amide bonds. The predicted molar refractivity (Wildman–Crippen MR) is 118 cm³/mol. The molecule has 2 aliphatic carbocycles. The van der Waals surface area contributed by atoms with Crippen LogP contribution in [0, 0.1) is 22.7 Å². The number of carbonyl (C=O) groups excluding carboxylic acids is 2. The Kier molecular flexibility index (Phi) is 6.64. The summed E-state index contributed by atoms with van der Waals surface area (Å²) in [5.74, 6) is 0.479. The predicted octanol–water partition coefficient (Wildman–Crippen LogP) is 6.43. The van der Waals surface area contributed by atoms with Crippen molar-refractivity contribution in [2.24, 2.45) is 22.7 Å². The molecule has 0 heterocycles. The Hall–Kier alpha value is -1.84. The summed E-state index contributed by atoms with van der Waals surface area (Å²) < 4.78 is 11.6. The largest absolute Gasteiger partial charge is 0.459 e. The van der Waals surface area contributed by atoms with Crippen LogP contribution < -0.4 is 0 Å². The minimum Gasteiger partial charge on any atom is -0.459 e. The molecule has 0 radical (unpaired) electrons. The Bertz CT molecular complexity index is 697. The highest BCUT2D eigenvalue weighted by molar-refractivity contribution is 5.93. The van der Waals surface area contributed by atoms with Crippen molar-refractivity contribution in [3.8, 4) is 0 Å². The van der Waals surface area contributed by atoms with Crippen LogP contribution in [0.15, 0.2) is 24.3 Å². The number of carbonyl (C=O) groups is 2. The molecular weight excluding hydrogens is 376 g/mol. The second-order valence-corrected chi connectivity index (χ2v) is 11.5. The summed E-state index contributed by atoms with van der Waals surface area (Å²) in [4.78, 5) is 25.2. The van der Waals surface area contributed by atoms with E-state index in [-0.39, 0.29) is 35.0 Å². The summed E-state index contributed by atoms with van der Waals surface area (Å²) >= 11 is 0. The van der Waals surface area contributed by atoms with Crippen LogP contribution in [0.2, 0.25) is 0 Å². The van der Waals surface area contributed by atoms with Crippen molar-refractivity contribution in [1.29, 1.82) is 0 Å². The number of esters is 2. The van der Waals surface area contributed by atoms with Gasteiger partial charge in [-0.15, -0.1) is 0 Å². The van der Waals surface area contributed by atoms with Crippen LogP contribution in [-0.4, -0.2) is 24.1 Å². The van der Waals surface area contributed by atoms with Gasteiger partial charge in [-0.25, -0.2) is 9.59 Å². The van der Waals surface area contributed by atoms with E-state index in [9.17, 15) is 9.59 Å². The lowest BCUT2D eigenvalue weighted by Crippen LogP contribution is -2.34. The van der Waals surface area contributed by atoms with Gasteiger partial charge in [0, 0.05) is 0 Å². The second kappa shape index (κ2) is 8.72. The Morgan fingerprint density at radius 1 is 0.700 bits per heavy atom. The Labute approximate surface area is 181 Å². The van der Waals surface area contributed by atoms with Crippen LogP contribution in [0.4, 0.5) is 0 Å². The third-order valence-electron chi connectivity index (χ3n) is 6.60. The number of hydrogen-bond acceptors (Lipinski definition) is 4. The number of benzene rings is 1. The number of ether oxygens (including phenoxy) is 2. The van der Waals surface area contributed by atoms with Crippen LogP contribution in [0.5, 0.6) is 0 Å². The van der Waals surface area contributed by atoms with Crippen molar-refractivity contribution in [1.82, 2.24) is 0 Å². The molecule has 0 N–H and O–H groups in total. The van der Waals surface area contributed by atoms with Crippen molar-refractivity contribution in [2.75, 3.05) is 0 Å². The molecule has 0 spiro atoms. The fourth-order valence-electron chi connectivity index (χ4n) is 5.88. The van der Waals surface area contributed by atoms with E-state index in [1.54, 1.807) is 24.3 Å². The molecule has 1 aromatic carbocycles. The molecule has 30 heavy (non-hydrogen) atoms. The lowest BCUT2D eigenvalue weighted by molar-refractivity contribution is -0.00862. The van der Waals surface area contributed by atoms with E-state index in [0.29, 0.717) is 23.0 Å². The van der Waals surface area contributed by atoms with E-state index in [2.05, 4.69) is 41.5 Å². The van der Waals surface area contributed by atoms with E-state index < -0.39 is 0 Å². The normalized spacial score (nSPS) is 30.3. The number of hydrogen-bond donors (Lipinski definition) is 0. The van der Waals surface area contributed by atoms with Crippen molar-refractivity contribution in [2.45, 2.75) is 92.3 Å². The molecule has 2 aliphatic rings. The average molecular weight is 415 g/mol. The molecule has 3 rings (SSSR count). The highest BCUT2D eigenvalue weighted by Gasteiger charge is 2.35. The zero-order valence-corrected chi connectivity index (χ0v) is 19.5. The van der Waals surface area contributed by atoms with Crippen LogP contribution in [0.1, 0.15) is 101 Å². The van der Waals surface area contributed by atoms with Gasteiger partial charge in [0.15, 0.2) is 0 Å². The summed E-state index contributed by atoms with van der Waals surface area (Å²) in [6, 6.07) is 6.68. The van der Waals surface area contributed by atoms with Gasteiger partial charge < -0.3 is 9.47 Å². The quantitative estimate of drug-likeness (QED) is 0.533. The molecule has 4 nitrogen and oxygen atoms in total. The van der Waals surface area contributed by atoms with Crippen LogP contribution in [0.25, 0.3) is 0 Å². The molecule has 0 unspecified atom stereocenters. The second-order valence-electron chi connectivity index (χ2n) is 11.5. The molecule has 4 atom stereocenters. The van der Waals surface area contributed by atoms with E-state index >= 15 is 0 Å².